The first-order chi connectivity index (χ1) is 9.08. The van der Waals surface area contributed by atoms with Gasteiger partial charge in [0.2, 0.25) is 0 Å². The zero-order chi connectivity index (χ0) is 13.8. The first kappa shape index (κ1) is 13.7. The Kier molecular flexibility index (Phi) is 4.29. The molecule has 0 fully saturated rings. The highest BCUT2D eigenvalue weighted by Gasteiger charge is 2.22. The lowest BCUT2D eigenvalue weighted by Gasteiger charge is -2.30. The highest BCUT2D eigenvalue weighted by molar-refractivity contribution is 5.13. The third-order valence-electron chi connectivity index (χ3n) is 3.18. The second kappa shape index (κ2) is 5.95. The Hall–Kier alpha value is -1.72. The summed E-state index contributed by atoms with van der Waals surface area (Å²) in [5.74, 6) is 0. The first-order valence-corrected chi connectivity index (χ1v) is 6.42. The summed E-state index contributed by atoms with van der Waals surface area (Å²) in [5, 5.41) is 4.23. The number of nitrogens with zero attached hydrogens (tertiary/aromatic N) is 4. The van der Waals surface area contributed by atoms with Crippen molar-refractivity contribution in [1.29, 1.82) is 0 Å². The summed E-state index contributed by atoms with van der Waals surface area (Å²) in [5.41, 5.74) is 8.31. The van der Waals surface area contributed by atoms with Crippen LogP contribution in [0.25, 0.3) is 0 Å². The molecule has 2 rings (SSSR count). The van der Waals surface area contributed by atoms with Crippen molar-refractivity contribution in [2.45, 2.75) is 25.6 Å². The molecule has 102 valence electrons. The number of hydrogen-bond acceptors (Lipinski definition) is 4. The predicted molar refractivity (Wildman–Crippen MR) is 75.3 cm³/mol. The summed E-state index contributed by atoms with van der Waals surface area (Å²) in [6, 6.07) is 6.11. The van der Waals surface area contributed by atoms with Gasteiger partial charge in [-0.1, -0.05) is 6.07 Å². The number of aryl methyl sites for hydroxylation is 1. The van der Waals surface area contributed by atoms with Crippen LogP contribution in [0.2, 0.25) is 0 Å². The van der Waals surface area contributed by atoms with E-state index in [-0.39, 0.29) is 12.1 Å². The minimum Gasteiger partial charge on any atom is -0.326 e. The van der Waals surface area contributed by atoms with Gasteiger partial charge in [0, 0.05) is 37.6 Å². The van der Waals surface area contributed by atoms with Gasteiger partial charge in [0.15, 0.2) is 0 Å². The first-order valence-electron chi connectivity index (χ1n) is 6.42. The number of hydrogen-bond donors (Lipinski definition) is 1. The van der Waals surface area contributed by atoms with E-state index < -0.39 is 0 Å². The highest BCUT2D eigenvalue weighted by Crippen LogP contribution is 2.22. The van der Waals surface area contributed by atoms with Gasteiger partial charge < -0.3 is 5.73 Å². The molecular formula is C14H21N5. The fraction of sp³-hybridized carbons (Fsp3) is 0.429. The number of aromatic nitrogens is 3. The van der Waals surface area contributed by atoms with Crippen molar-refractivity contribution in [2.75, 3.05) is 7.05 Å². The van der Waals surface area contributed by atoms with Crippen LogP contribution in [-0.2, 0) is 13.6 Å². The Morgan fingerprint density at radius 2 is 2.21 bits per heavy atom. The van der Waals surface area contributed by atoms with Crippen molar-refractivity contribution < 1.29 is 0 Å². The standard InChI is InChI=1S/C14H21N5/c1-11(15)14(12-8-17-19(3)9-12)18(2)10-13-6-4-5-7-16-13/h4-9,11,14H,10,15H2,1-3H3. The third kappa shape index (κ3) is 3.39. The summed E-state index contributed by atoms with van der Waals surface area (Å²) in [7, 11) is 3.98. The molecule has 0 aliphatic carbocycles. The molecule has 2 aromatic heterocycles. The molecule has 2 N–H and O–H groups in total. The Morgan fingerprint density at radius 3 is 2.74 bits per heavy atom. The van der Waals surface area contributed by atoms with E-state index in [1.165, 1.54) is 0 Å². The largest absolute Gasteiger partial charge is 0.326 e. The molecule has 2 atom stereocenters. The molecule has 19 heavy (non-hydrogen) atoms. The molecule has 0 aliphatic heterocycles. The lowest BCUT2D eigenvalue weighted by molar-refractivity contribution is 0.208. The van der Waals surface area contributed by atoms with Crippen LogP contribution in [0.4, 0.5) is 0 Å². The molecule has 2 heterocycles. The molecule has 0 aromatic carbocycles. The molecule has 2 aromatic rings. The maximum atomic E-state index is 6.13. The zero-order valence-electron chi connectivity index (χ0n) is 11.7. The van der Waals surface area contributed by atoms with Crippen molar-refractivity contribution in [3.8, 4) is 0 Å². The Labute approximate surface area is 114 Å². The zero-order valence-corrected chi connectivity index (χ0v) is 11.7. The van der Waals surface area contributed by atoms with Crippen LogP contribution in [0.3, 0.4) is 0 Å². The van der Waals surface area contributed by atoms with E-state index in [2.05, 4.69) is 22.0 Å². The second-order valence-corrected chi connectivity index (χ2v) is 4.99. The summed E-state index contributed by atoms with van der Waals surface area (Å²) >= 11 is 0. The lowest BCUT2D eigenvalue weighted by Crippen LogP contribution is -2.36. The molecule has 2 unspecified atom stereocenters. The predicted octanol–water partition coefficient (Wildman–Crippen LogP) is 1.34. The second-order valence-electron chi connectivity index (χ2n) is 4.99. The van der Waals surface area contributed by atoms with Gasteiger partial charge in [-0.3, -0.25) is 14.6 Å². The monoisotopic (exact) mass is 259 g/mol. The summed E-state index contributed by atoms with van der Waals surface area (Å²) in [4.78, 5) is 6.57. The molecule has 5 heteroatoms. The molecule has 0 saturated heterocycles. The smallest absolute Gasteiger partial charge is 0.0544 e. The topological polar surface area (TPSA) is 60.0 Å². The summed E-state index contributed by atoms with van der Waals surface area (Å²) < 4.78 is 1.80. The fourth-order valence-corrected chi connectivity index (χ4v) is 2.40. The van der Waals surface area contributed by atoms with Gasteiger partial charge in [-0.15, -0.1) is 0 Å². The van der Waals surface area contributed by atoms with Crippen molar-refractivity contribution in [3.05, 3.63) is 48.0 Å². The van der Waals surface area contributed by atoms with E-state index in [4.69, 9.17) is 5.73 Å². The Balaban J connectivity index is 2.15. The highest BCUT2D eigenvalue weighted by atomic mass is 15.2. The van der Waals surface area contributed by atoms with Crippen molar-refractivity contribution in [1.82, 2.24) is 19.7 Å². The Morgan fingerprint density at radius 1 is 1.42 bits per heavy atom. The van der Waals surface area contributed by atoms with Gasteiger partial charge in [-0.2, -0.15) is 5.10 Å². The van der Waals surface area contributed by atoms with Crippen LogP contribution in [0, 0.1) is 0 Å². The van der Waals surface area contributed by atoms with E-state index in [1.54, 1.807) is 4.68 Å². The summed E-state index contributed by atoms with van der Waals surface area (Å²) in [6.45, 7) is 2.79. The maximum Gasteiger partial charge on any atom is 0.0544 e. The van der Waals surface area contributed by atoms with Crippen LogP contribution < -0.4 is 5.73 Å². The molecule has 0 spiro atoms. The quantitative estimate of drug-likeness (QED) is 0.880. The number of likely N-dealkylation sites (N-methyl/N-ethyl adjacent to an activating group) is 1. The molecule has 0 amide bonds. The van der Waals surface area contributed by atoms with Gasteiger partial charge in [0.25, 0.3) is 0 Å². The molecule has 0 bridgehead atoms. The van der Waals surface area contributed by atoms with Gasteiger partial charge in [0.05, 0.1) is 17.9 Å². The number of nitrogens with two attached hydrogens (primary N) is 1. The van der Waals surface area contributed by atoms with Gasteiger partial charge in [0.1, 0.15) is 0 Å². The molecule has 0 radical (unpaired) electrons. The molecule has 5 nitrogen and oxygen atoms in total. The minimum atomic E-state index is 0.0258. The Bertz CT molecular complexity index is 506. The third-order valence-corrected chi connectivity index (χ3v) is 3.18. The van der Waals surface area contributed by atoms with E-state index >= 15 is 0 Å². The van der Waals surface area contributed by atoms with E-state index in [0.29, 0.717) is 0 Å². The molecule has 0 aliphatic rings. The van der Waals surface area contributed by atoms with E-state index in [0.717, 1.165) is 17.8 Å². The SMILES string of the molecule is CC(N)C(c1cnn(C)c1)N(C)Cc1ccccn1. The lowest BCUT2D eigenvalue weighted by atomic mass is 10.0. The van der Waals surface area contributed by atoms with Crippen molar-refractivity contribution >= 4 is 0 Å². The maximum absolute atomic E-state index is 6.13. The van der Waals surface area contributed by atoms with Crippen LogP contribution >= 0.6 is 0 Å². The van der Waals surface area contributed by atoms with Crippen LogP contribution in [0.15, 0.2) is 36.8 Å². The molecule has 0 saturated carbocycles. The van der Waals surface area contributed by atoms with Crippen LogP contribution in [0.1, 0.15) is 24.2 Å². The van der Waals surface area contributed by atoms with Gasteiger partial charge >= 0.3 is 0 Å². The number of rotatable bonds is 5. The fourth-order valence-electron chi connectivity index (χ4n) is 2.40. The minimum absolute atomic E-state index is 0.0258. The van der Waals surface area contributed by atoms with Gasteiger partial charge in [-0.05, 0) is 26.1 Å². The van der Waals surface area contributed by atoms with Crippen LogP contribution in [-0.4, -0.2) is 32.8 Å². The van der Waals surface area contributed by atoms with Crippen molar-refractivity contribution in [2.24, 2.45) is 12.8 Å². The number of pyridine rings is 1. The van der Waals surface area contributed by atoms with E-state index in [9.17, 15) is 0 Å². The average molecular weight is 259 g/mol. The summed E-state index contributed by atoms with van der Waals surface area (Å²) in [6.07, 6.45) is 5.71. The van der Waals surface area contributed by atoms with Gasteiger partial charge in [-0.25, -0.2) is 0 Å². The van der Waals surface area contributed by atoms with Crippen molar-refractivity contribution in [3.63, 3.8) is 0 Å². The normalized spacial score (nSPS) is 14.6. The van der Waals surface area contributed by atoms with Crippen LogP contribution in [0.5, 0.6) is 0 Å². The van der Waals surface area contributed by atoms with E-state index in [1.807, 2.05) is 50.8 Å². The average Bonchev–Trinajstić information content (AvgIpc) is 2.76. The molecular weight excluding hydrogens is 238 g/mol.